The van der Waals surface area contributed by atoms with E-state index in [0.717, 1.165) is 44.8 Å². The third-order valence-electron chi connectivity index (χ3n) is 3.76. The van der Waals surface area contributed by atoms with Crippen molar-refractivity contribution in [2.75, 3.05) is 44.8 Å². The van der Waals surface area contributed by atoms with Crippen molar-refractivity contribution in [3.63, 3.8) is 0 Å². The Hall–Kier alpha value is -1.82. The summed E-state index contributed by atoms with van der Waals surface area (Å²) in [5.74, 6) is 0.525. The van der Waals surface area contributed by atoms with Crippen molar-refractivity contribution in [2.24, 2.45) is 4.99 Å². The molecule has 0 heterocycles. The van der Waals surface area contributed by atoms with Crippen molar-refractivity contribution < 1.29 is 9.13 Å². The van der Waals surface area contributed by atoms with Crippen LogP contribution in [0.15, 0.2) is 23.2 Å². The number of benzene rings is 1. The predicted molar refractivity (Wildman–Crippen MR) is 99.3 cm³/mol. The number of anilines is 1. The van der Waals surface area contributed by atoms with Gasteiger partial charge in [-0.2, -0.15) is 0 Å². The van der Waals surface area contributed by atoms with Gasteiger partial charge in [-0.15, -0.1) is 0 Å². The van der Waals surface area contributed by atoms with E-state index in [1.807, 2.05) is 37.8 Å². The van der Waals surface area contributed by atoms with Crippen LogP contribution in [0.2, 0.25) is 0 Å². The number of ether oxygens (including phenoxy) is 1. The van der Waals surface area contributed by atoms with Gasteiger partial charge in [0.05, 0.1) is 5.69 Å². The van der Waals surface area contributed by atoms with Gasteiger partial charge in [-0.05, 0) is 44.9 Å². The molecule has 5 nitrogen and oxygen atoms in total. The zero-order valence-electron chi connectivity index (χ0n) is 15.4. The third-order valence-corrected chi connectivity index (χ3v) is 3.76. The first kappa shape index (κ1) is 20.2. The lowest BCUT2D eigenvalue weighted by Crippen LogP contribution is -2.37. The molecule has 6 heteroatoms. The maximum absolute atomic E-state index is 14.3. The number of aliphatic imine (C=N–C) groups is 1. The fourth-order valence-electron chi connectivity index (χ4n) is 2.41. The molecule has 0 unspecified atom stereocenters. The molecule has 24 heavy (non-hydrogen) atoms. The molecule has 0 aromatic heterocycles. The highest BCUT2D eigenvalue weighted by molar-refractivity contribution is 5.79. The summed E-state index contributed by atoms with van der Waals surface area (Å²) < 4.78 is 19.6. The van der Waals surface area contributed by atoms with Gasteiger partial charge < -0.3 is 20.3 Å². The molecule has 136 valence electrons. The van der Waals surface area contributed by atoms with E-state index in [-0.39, 0.29) is 5.82 Å². The molecular weight excluding hydrogens is 307 g/mol. The van der Waals surface area contributed by atoms with Crippen molar-refractivity contribution in [1.29, 1.82) is 0 Å². The van der Waals surface area contributed by atoms with Gasteiger partial charge in [0.15, 0.2) is 5.96 Å². The quantitative estimate of drug-likeness (QED) is 0.391. The Labute approximate surface area is 145 Å². The van der Waals surface area contributed by atoms with Crippen molar-refractivity contribution in [3.05, 3.63) is 29.6 Å². The first-order valence-electron chi connectivity index (χ1n) is 8.71. The zero-order chi connectivity index (χ0) is 17.8. The van der Waals surface area contributed by atoms with Gasteiger partial charge >= 0.3 is 0 Å². The topological polar surface area (TPSA) is 48.9 Å². The molecule has 0 aliphatic rings. The molecule has 1 aromatic rings. The number of halogens is 1. The maximum Gasteiger partial charge on any atom is 0.191 e. The number of hydrogen-bond acceptors (Lipinski definition) is 3. The Balaban J connectivity index is 2.49. The summed E-state index contributed by atoms with van der Waals surface area (Å²) in [5, 5.41) is 6.42. The minimum Gasteiger partial charge on any atom is -0.382 e. The summed E-state index contributed by atoms with van der Waals surface area (Å²) in [6.45, 7) is 10.4. The number of nitrogens with zero attached hydrogens (tertiary/aromatic N) is 2. The van der Waals surface area contributed by atoms with Gasteiger partial charge in [0.1, 0.15) is 5.82 Å². The van der Waals surface area contributed by atoms with Crippen LogP contribution in [0.3, 0.4) is 0 Å². The van der Waals surface area contributed by atoms with Crippen LogP contribution < -0.4 is 15.5 Å². The highest BCUT2D eigenvalue weighted by Gasteiger charge is 2.09. The lowest BCUT2D eigenvalue weighted by Gasteiger charge is -2.22. The largest absolute Gasteiger partial charge is 0.382 e. The second-order valence-corrected chi connectivity index (χ2v) is 5.36. The highest BCUT2D eigenvalue weighted by Crippen LogP contribution is 2.20. The Kier molecular flexibility index (Phi) is 9.84. The Morgan fingerprint density at radius 2 is 1.96 bits per heavy atom. The Morgan fingerprint density at radius 3 is 2.54 bits per heavy atom. The van der Waals surface area contributed by atoms with Crippen LogP contribution >= 0.6 is 0 Å². The summed E-state index contributed by atoms with van der Waals surface area (Å²) in [7, 11) is 1.72. The zero-order valence-corrected chi connectivity index (χ0v) is 15.4. The summed E-state index contributed by atoms with van der Waals surface area (Å²) in [6.07, 6.45) is 0.918. The molecule has 0 amide bonds. The van der Waals surface area contributed by atoms with Crippen molar-refractivity contribution >= 4 is 11.6 Å². The molecule has 0 saturated heterocycles. The predicted octanol–water partition coefficient (Wildman–Crippen LogP) is 2.76. The van der Waals surface area contributed by atoms with Crippen molar-refractivity contribution in [1.82, 2.24) is 10.6 Å². The fraction of sp³-hybridized carbons (Fsp3) is 0.611. The van der Waals surface area contributed by atoms with Crippen molar-refractivity contribution in [3.8, 4) is 0 Å². The smallest absolute Gasteiger partial charge is 0.191 e. The monoisotopic (exact) mass is 338 g/mol. The molecule has 1 rings (SSSR count). The molecule has 0 spiro atoms. The lowest BCUT2D eigenvalue weighted by atomic mass is 10.2. The molecule has 0 saturated carbocycles. The van der Waals surface area contributed by atoms with Crippen LogP contribution in [0.5, 0.6) is 0 Å². The van der Waals surface area contributed by atoms with E-state index in [4.69, 9.17) is 4.74 Å². The fourth-order valence-corrected chi connectivity index (χ4v) is 2.41. The summed E-state index contributed by atoms with van der Waals surface area (Å²) >= 11 is 0. The number of hydrogen-bond donors (Lipinski definition) is 2. The second-order valence-electron chi connectivity index (χ2n) is 5.36. The molecule has 0 atom stereocenters. The van der Waals surface area contributed by atoms with E-state index in [0.29, 0.717) is 18.2 Å². The normalized spacial score (nSPS) is 11.5. The summed E-state index contributed by atoms with van der Waals surface area (Å²) in [4.78, 5) is 6.17. The van der Waals surface area contributed by atoms with E-state index >= 15 is 0 Å². The number of nitrogens with one attached hydrogen (secondary N) is 2. The van der Waals surface area contributed by atoms with Gasteiger partial charge in [-0.25, -0.2) is 4.39 Å². The molecule has 0 aliphatic carbocycles. The van der Waals surface area contributed by atoms with E-state index in [9.17, 15) is 4.39 Å². The molecule has 0 bridgehead atoms. The van der Waals surface area contributed by atoms with Crippen LogP contribution in [0.25, 0.3) is 0 Å². The standard InChI is InChI=1S/C18H31FN4O/c1-5-23(6-2)17-10-9-15(13-16(17)19)14-22-18(20-4)21-11-8-12-24-7-3/h9-10,13H,5-8,11-12,14H2,1-4H3,(H2,20,21,22). The lowest BCUT2D eigenvalue weighted by molar-refractivity contribution is 0.145. The Morgan fingerprint density at radius 1 is 1.21 bits per heavy atom. The van der Waals surface area contributed by atoms with Gasteiger partial charge in [-0.1, -0.05) is 6.07 Å². The van der Waals surface area contributed by atoms with Crippen LogP contribution in [0.4, 0.5) is 10.1 Å². The van der Waals surface area contributed by atoms with Crippen LogP contribution in [-0.2, 0) is 11.3 Å². The maximum atomic E-state index is 14.3. The first-order valence-corrected chi connectivity index (χ1v) is 8.71. The molecule has 2 N–H and O–H groups in total. The SMILES string of the molecule is CCOCCCNC(=NC)NCc1ccc(N(CC)CC)c(F)c1. The van der Waals surface area contributed by atoms with Gasteiger partial charge in [0.2, 0.25) is 0 Å². The van der Waals surface area contributed by atoms with E-state index in [2.05, 4.69) is 15.6 Å². The van der Waals surface area contributed by atoms with Gasteiger partial charge in [0.25, 0.3) is 0 Å². The molecule has 0 radical (unpaired) electrons. The number of guanidine groups is 1. The highest BCUT2D eigenvalue weighted by atomic mass is 19.1. The average Bonchev–Trinajstić information content (AvgIpc) is 2.60. The van der Waals surface area contributed by atoms with Crippen LogP contribution in [0, 0.1) is 5.82 Å². The van der Waals surface area contributed by atoms with Gasteiger partial charge in [-0.3, -0.25) is 4.99 Å². The molecule has 1 aromatic carbocycles. The van der Waals surface area contributed by atoms with E-state index < -0.39 is 0 Å². The molecular formula is C18H31FN4O. The summed E-state index contributed by atoms with van der Waals surface area (Å²) in [5.41, 5.74) is 1.54. The minimum atomic E-state index is -0.183. The minimum absolute atomic E-state index is 0.183. The second kappa shape index (κ2) is 11.7. The molecule has 0 fully saturated rings. The van der Waals surface area contributed by atoms with Crippen molar-refractivity contribution in [2.45, 2.75) is 33.7 Å². The van der Waals surface area contributed by atoms with Gasteiger partial charge in [0, 0.05) is 46.4 Å². The average molecular weight is 338 g/mol. The third kappa shape index (κ3) is 6.74. The first-order chi connectivity index (χ1) is 11.7. The Bertz CT molecular complexity index is 504. The van der Waals surface area contributed by atoms with Crippen LogP contribution in [-0.4, -0.2) is 45.9 Å². The van der Waals surface area contributed by atoms with E-state index in [1.54, 1.807) is 13.1 Å². The summed E-state index contributed by atoms with van der Waals surface area (Å²) in [6, 6.07) is 5.38. The molecule has 0 aliphatic heterocycles. The van der Waals surface area contributed by atoms with E-state index in [1.165, 1.54) is 0 Å². The number of rotatable bonds is 10. The van der Waals surface area contributed by atoms with Crippen LogP contribution in [0.1, 0.15) is 32.8 Å².